The van der Waals surface area contributed by atoms with Gasteiger partial charge >= 0.3 is 12.3 Å². The number of alkyl halides is 5. The number of nitrogens with zero attached hydrogens (tertiary/aromatic N) is 5. The number of hydrogen-bond acceptors (Lipinski definition) is 10. The zero-order chi connectivity index (χ0) is 41.1. The summed E-state index contributed by atoms with van der Waals surface area (Å²) in [5, 5.41) is 2.36. The summed E-state index contributed by atoms with van der Waals surface area (Å²) in [4.78, 5) is 29.7. The van der Waals surface area contributed by atoms with Crippen LogP contribution in [0.3, 0.4) is 0 Å². The molecule has 16 heteroatoms. The van der Waals surface area contributed by atoms with Crippen molar-refractivity contribution in [2.24, 2.45) is 0 Å². The largest absolute Gasteiger partial charge is 0.486 e. The van der Waals surface area contributed by atoms with Crippen molar-refractivity contribution in [3.63, 3.8) is 0 Å². The number of hydrogen-bond donors (Lipinski definition) is 1. The molecule has 0 aliphatic heterocycles. The molecule has 1 fully saturated rings. The lowest BCUT2D eigenvalue weighted by atomic mass is 10.0. The van der Waals surface area contributed by atoms with Crippen molar-refractivity contribution in [1.29, 1.82) is 0 Å². The van der Waals surface area contributed by atoms with Crippen molar-refractivity contribution in [2.45, 2.75) is 104 Å². The Balaban J connectivity index is 0.000000801. The maximum absolute atomic E-state index is 13.9. The highest BCUT2D eigenvalue weighted by atomic mass is 19.4. The zero-order valence-corrected chi connectivity index (χ0v) is 33.0. The van der Waals surface area contributed by atoms with Crippen LogP contribution in [0.25, 0.3) is 17.1 Å². The van der Waals surface area contributed by atoms with Crippen LogP contribution in [0.15, 0.2) is 54.1 Å². The van der Waals surface area contributed by atoms with Gasteiger partial charge in [-0.25, -0.2) is 28.5 Å². The van der Waals surface area contributed by atoms with Gasteiger partial charge < -0.3 is 29.2 Å². The van der Waals surface area contributed by atoms with Crippen LogP contribution < -0.4 is 19.5 Å². The molecule has 0 unspecified atom stereocenters. The van der Waals surface area contributed by atoms with Crippen molar-refractivity contribution in [1.82, 2.24) is 30.2 Å². The second-order valence-electron chi connectivity index (χ2n) is 14.0. The van der Waals surface area contributed by atoms with E-state index < -0.39 is 25.1 Å². The van der Waals surface area contributed by atoms with E-state index in [1.165, 1.54) is 39.8 Å². The standard InChI is InChI=1S/C33H38F5N5O3.C6H13NO2/c1-7-20(2)28(43(5)17-21(3)32(4,34)35)24-10-8-22(9-11-24)18-46-30-25(45-15-14-33(36,37)38)16-39-29(42-30)26-27(23-12-13-23)40-19-41-31(26)44-6;1-6(2,3)9-5(8)7-4/h8-11,16-17,19,23H,7,12-15,18H2,1-6H3;1-4H3,(H,7,8)/b21-17+,28-20?;. The monoisotopic (exact) mass is 778 g/mol. The Labute approximate surface area is 319 Å². The van der Waals surface area contributed by atoms with E-state index in [0.29, 0.717) is 12.0 Å². The van der Waals surface area contributed by atoms with Crippen LogP contribution in [0.1, 0.15) is 96.9 Å². The molecule has 0 saturated heterocycles. The zero-order valence-electron chi connectivity index (χ0n) is 33.0. The number of nitrogens with one attached hydrogen (secondary N) is 1. The predicted octanol–water partition coefficient (Wildman–Crippen LogP) is 9.50. The number of aromatic nitrogens is 4. The summed E-state index contributed by atoms with van der Waals surface area (Å²) in [6.45, 7) is 11.0. The molecule has 55 heavy (non-hydrogen) atoms. The summed E-state index contributed by atoms with van der Waals surface area (Å²) < 4.78 is 87.9. The van der Waals surface area contributed by atoms with E-state index in [2.05, 4.69) is 25.3 Å². The van der Waals surface area contributed by atoms with Crippen LogP contribution in [0, 0.1) is 0 Å². The Morgan fingerprint density at radius 3 is 2.15 bits per heavy atom. The highest BCUT2D eigenvalue weighted by Crippen LogP contribution is 2.45. The van der Waals surface area contributed by atoms with E-state index in [1.807, 2.05) is 58.9 Å². The van der Waals surface area contributed by atoms with Crippen LogP contribution in [0.4, 0.5) is 26.7 Å². The SMILES string of the molecule is CCC(C)=C(c1ccc(COc2nc(-c3c(OC)ncnc3C3CC3)ncc2OCCC(F)(F)F)cc1)N(C)/C=C(\C)C(C)(F)F.CNC(=O)OC(C)(C)C. The fourth-order valence-corrected chi connectivity index (χ4v) is 4.99. The van der Waals surface area contributed by atoms with Crippen molar-refractivity contribution in [3.8, 4) is 28.9 Å². The van der Waals surface area contributed by atoms with Crippen molar-refractivity contribution >= 4 is 11.8 Å². The molecule has 2 heterocycles. The number of allylic oxidation sites excluding steroid dienone is 2. The number of halogens is 5. The molecule has 0 atom stereocenters. The molecule has 1 amide bonds. The number of ether oxygens (including phenoxy) is 4. The molecule has 1 aliphatic rings. The van der Waals surface area contributed by atoms with Gasteiger partial charge in [0, 0.05) is 44.4 Å². The van der Waals surface area contributed by atoms with Crippen LogP contribution in [0.5, 0.6) is 17.5 Å². The molecule has 3 aromatic rings. The molecule has 1 N–H and O–H groups in total. The topological polar surface area (TPSA) is 121 Å². The first kappa shape index (κ1) is 44.4. The maximum Gasteiger partial charge on any atom is 0.407 e. The van der Waals surface area contributed by atoms with Crippen LogP contribution in [-0.4, -0.2) is 76.4 Å². The molecule has 1 saturated carbocycles. The third-order valence-electron chi connectivity index (χ3n) is 8.16. The summed E-state index contributed by atoms with van der Waals surface area (Å²) in [7, 11) is 4.73. The van der Waals surface area contributed by atoms with Gasteiger partial charge in [0.25, 0.3) is 11.8 Å². The molecule has 4 rings (SSSR count). The Morgan fingerprint density at radius 1 is 0.982 bits per heavy atom. The molecule has 1 aromatic carbocycles. The average molecular weight is 779 g/mol. The summed E-state index contributed by atoms with van der Waals surface area (Å²) in [6, 6.07) is 7.36. The van der Waals surface area contributed by atoms with Gasteiger partial charge in [-0.1, -0.05) is 31.2 Å². The average Bonchev–Trinajstić information content (AvgIpc) is 3.96. The second-order valence-corrected chi connectivity index (χ2v) is 14.0. The highest BCUT2D eigenvalue weighted by molar-refractivity contribution is 5.68. The van der Waals surface area contributed by atoms with E-state index in [9.17, 15) is 26.7 Å². The molecule has 1 aliphatic carbocycles. The minimum atomic E-state index is -4.40. The van der Waals surface area contributed by atoms with E-state index in [0.717, 1.165) is 47.9 Å². The Kier molecular flexibility index (Phi) is 15.4. The number of rotatable bonds is 14. The molecule has 2 aromatic heterocycles. The summed E-state index contributed by atoms with van der Waals surface area (Å²) in [5.41, 5.74) is 4.11. The lowest BCUT2D eigenvalue weighted by Crippen LogP contribution is -2.30. The van der Waals surface area contributed by atoms with Gasteiger partial charge in [0.2, 0.25) is 5.88 Å². The molecule has 0 bridgehead atoms. The number of carbonyl (C=O) groups is 1. The third-order valence-corrected chi connectivity index (χ3v) is 8.16. The normalized spacial score (nSPS) is 13.9. The second kappa shape index (κ2) is 19.0. The smallest absolute Gasteiger partial charge is 0.407 e. The van der Waals surface area contributed by atoms with Gasteiger partial charge in [0.1, 0.15) is 24.1 Å². The van der Waals surface area contributed by atoms with Gasteiger partial charge in [-0.15, -0.1) is 0 Å². The number of benzene rings is 1. The van der Waals surface area contributed by atoms with Gasteiger partial charge in [-0.05, 0) is 70.6 Å². The van der Waals surface area contributed by atoms with Crippen LogP contribution >= 0.6 is 0 Å². The third kappa shape index (κ3) is 14.0. The summed E-state index contributed by atoms with van der Waals surface area (Å²) in [5.74, 6) is -2.38. The first-order valence-corrected chi connectivity index (χ1v) is 17.7. The van der Waals surface area contributed by atoms with Crippen LogP contribution in [0.2, 0.25) is 0 Å². The number of alkyl carbamates (subject to hydrolysis) is 1. The Hall–Kier alpha value is -5.02. The minimum absolute atomic E-state index is 0.00693. The van der Waals surface area contributed by atoms with Crippen molar-refractivity contribution < 1.29 is 45.7 Å². The predicted molar refractivity (Wildman–Crippen MR) is 199 cm³/mol. The molecular weight excluding hydrogens is 727 g/mol. The maximum atomic E-state index is 13.9. The first-order chi connectivity index (χ1) is 25.7. The quantitative estimate of drug-likeness (QED) is 0.159. The summed E-state index contributed by atoms with van der Waals surface area (Å²) >= 11 is 0. The van der Waals surface area contributed by atoms with E-state index in [4.69, 9.17) is 18.9 Å². The molecule has 0 radical (unpaired) electrons. The lowest BCUT2D eigenvalue weighted by molar-refractivity contribution is -0.139. The number of amides is 1. The van der Waals surface area contributed by atoms with Crippen molar-refractivity contribution in [3.05, 3.63) is 71.0 Å². The van der Waals surface area contributed by atoms with Gasteiger partial charge in [-0.3, -0.25) is 0 Å². The van der Waals surface area contributed by atoms with E-state index in [1.54, 1.807) is 11.9 Å². The Morgan fingerprint density at radius 2 is 1.64 bits per heavy atom. The minimum Gasteiger partial charge on any atom is -0.486 e. The summed E-state index contributed by atoms with van der Waals surface area (Å²) in [6.07, 6.45) is 0.760. The van der Waals surface area contributed by atoms with Crippen molar-refractivity contribution in [2.75, 3.05) is 27.8 Å². The number of methoxy groups -OCH3 is 1. The molecule has 0 spiro atoms. The fourth-order valence-electron chi connectivity index (χ4n) is 4.99. The molecule has 11 nitrogen and oxygen atoms in total. The van der Waals surface area contributed by atoms with E-state index >= 15 is 0 Å². The fraction of sp³-hybridized carbons (Fsp3) is 0.513. The van der Waals surface area contributed by atoms with Crippen LogP contribution in [-0.2, 0) is 11.3 Å². The lowest BCUT2D eigenvalue weighted by Gasteiger charge is -2.24. The first-order valence-electron chi connectivity index (χ1n) is 17.7. The Bertz CT molecular complexity index is 1800. The van der Waals surface area contributed by atoms with Gasteiger partial charge in [0.05, 0.1) is 32.0 Å². The molecule has 302 valence electrons. The highest BCUT2D eigenvalue weighted by Gasteiger charge is 2.32. The molecular formula is C39H51F5N6O5. The van der Waals surface area contributed by atoms with Gasteiger partial charge in [-0.2, -0.15) is 18.2 Å². The number of carbonyl (C=O) groups excluding carboxylic acids is 1. The van der Waals surface area contributed by atoms with E-state index in [-0.39, 0.29) is 53.1 Å². The van der Waals surface area contributed by atoms with Gasteiger partial charge in [0.15, 0.2) is 11.6 Å².